The lowest BCUT2D eigenvalue weighted by Gasteiger charge is -2.12. The van der Waals surface area contributed by atoms with Crippen molar-refractivity contribution in [2.45, 2.75) is 38.5 Å². The van der Waals surface area contributed by atoms with Gasteiger partial charge in [-0.15, -0.1) is 0 Å². The summed E-state index contributed by atoms with van der Waals surface area (Å²) in [6, 6.07) is 12.6. The Balaban J connectivity index is 1.73. The molecule has 9 heteroatoms. The third-order valence-corrected chi connectivity index (χ3v) is 5.49. The van der Waals surface area contributed by atoms with Gasteiger partial charge in [-0.05, 0) is 42.7 Å². The number of amides is 1. The molecule has 1 heterocycles. The van der Waals surface area contributed by atoms with Crippen LogP contribution in [0.4, 0.5) is 5.69 Å². The topological polar surface area (TPSA) is 132 Å². The first-order valence-corrected chi connectivity index (χ1v) is 10.9. The molecule has 0 aliphatic carbocycles. The summed E-state index contributed by atoms with van der Waals surface area (Å²) in [6.45, 7) is 2.06. The normalized spacial score (nSPS) is 11.7. The van der Waals surface area contributed by atoms with Crippen LogP contribution in [0.15, 0.2) is 48.5 Å². The van der Waals surface area contributed by atoms with Crippen molar-refractivity contribution in [1.29, 1.82) is 0 Å². The molecule has 0 fully saturated rings. The summed E-state index contributed by atoms with van der Waals surface area (Å²) >= 11 is 6.21. The van der Waals surface area contributed by atoms with Crippen molar-refractivity contribution in [1.82, 2.24) is 9.97 Å². The van der Waals surface area contributed by atoms with Gasteiger partial charge < -0.3 is 20.5 Å². The van der Waals surface area contributed by atoms with Crippen LogP contribution < -0.4 is 5.32 Å². The number of unbranched alkanes of at least 4 members (excludes halogenated alkanes) is 1. The van der Waals surface area contributed by atoms with Gasteiger partial charge in [-0.1, -0.05) is 49.2 Å². The summed E-state index contributed by atoms with van der Waals surface area (Å²) in [4.78, 5) is 43.1. The molecule has 2 aromatic carbocycles. The number of aliphatic carboxylic acids is 1. The van der Waals surface area contributed by atoms with Crippen LogP contribution in [0.3, 0.4) is 0 Å². The van der Waals surface area contributed by atoms with Crippen molar-refractivity contribution in [2.75, 3.05) is 5.32 Å². The number of aromatic nitrogens is 2. The van der Waals surface area contributed by atoms with Gasteiger partial charge in [0.1, 0.15) is 11.7 Å². The average Bonchev–Trinajstić information content (AvgIpc) is 3.16. The molecule has 0 radical (unpaired) electrons. The van der Waals surface area contributed by atoms with Gasteiger partial charge in [0.25, 0.3) is 5.91 Å². The summed E-state index contributed by atoms with van der Waals surface area (Å²) in [5, 5.41) is 21.8. The predicted octanol–water partition coefficient (Wildman–Crippen LogP) is 4.77. The fourth-order valence-corrected chi connectivity index (χ4v) is 3.73. The van der Waals surface area contributed by atoms with Gasteiger partial charge in [0, 0.05) is 12.1 Å². The number of nitrogens with zero attached hydrogens (tertiary/aromatic N) is 1. The standard InChI is InChI=1S/C24H24ClN3O5/c1-2-3-8-19-27-20(21(25)28-19)18(24(32)33)13-14-9-11-15(12-10-14)26-22(29)16-6-4-5-7-17(16)23(30)31/h4-7,9-12,18H,2-3,8,13H2,1H3,(H,26,29)(H,27,28)(H,30,31)(H,32,33). The molecule has 8 nitrogen and oxygen atoms in total. The number of hydrogen-bond acceptors (Lipinski definition) is 4. The number of carboxylic acid groups (broad SMARTS) is 2. The second-order valence-corrected chi connectivity index (χ2v) is 7.95. The Morgan fingerprint density at radius 3 is 2.33 bits per heavy atom. The summed E-state index contributed by atoms with van der Waals surface area (Å²) in [7, 11) is 0. The van der Waals surface area contributed by atoms with E-state index in [2.05, 4.69) is 22.2 Å². The molecule has 33 heavy (non-hydrogen) atoms. The molecular formula is C24H24ClN3O5. The number of H-pyrrole nitrogens is 1. The monoisotopic (exact) mass is 469 g/mol. The summed E-state index contributed by atoms with van der Waals surface area (Å²) in [6.07, 6.45) is 2.79. The van der Waals surface area contributed by atoms with Crippen molar-refractivity contribution in [3.63, 3.8) is 0 Å². The molecule has 3 rings (SSSR count). The fourth-order valence-electron chi connectivity index (χ4n) is 3.45. The Labute approximate surface area is 195 Å². The molecule has 0 aliphatic rings. The highest BCUT2D eigenvalue weighted by molar-refractivity contribution is 6.30. The van der Waals surface area contributed by atoms with E-state index in [0.29, 0.717) is 23.6 Å². The highest BCUT2D eigenvalue weighted by atomic mass is 35.5. The maximum atomic E-state index is 12.5. The number of aryl methyl sites for hydroxylation is 1. The number of aromatic carboxylic acids is 1. The zero-order valence-corrected chi connectivity index (χ0v) is 18.7. The van der Waals surface area contributed by atoms with E-state index in [-0.39, 0.29) is 22.7 Å². The first-order valence-electron chi connectivity index (χ1n) is 10.5. The van der Waals surface area contributed by atoms with Gasteiger partial charge in [-0.2, -0.15) is 0 Å². The molecule has 1 aromatic heterocycles. The largest absolute Gasteiger partial charge is 0.481 e. The van der Waals surface area contributed by atoms with E-state index >= 15 is 0 Å². The van der Waals surface area contributed by atoms with Crippen LogP contribution in [0.2, 0.25) is 5.15 Å². The number of carbonyl (C=O) groups excluding carboxylic acids is 1. The molecule has 0 saturated carbocycles. The summed E-state index contributed by atoms with van der Waals surface area (Å²) in [5.41, 5.74) is 1.51. The number of carboxylic acids is 2. The Kier molecular flexibility index (Phi) is 7.84. The van der Waals surface area contributed by atoms with Gasteiger partial charge in [-0.25, -0.2) is 9.78 Å². The first kappa shape index (κ1) is 24.0. The van der Waals surface area contributed by atoms with Crippen LogP contribution in [0.25, 0.3) is 0 Å². The van der Waals surface area contributed by atoms with E-state index < -0.39 is 23.8 Å². The lowest BCUT2D eigenvalue weighted by Crippen LogP contribution is -2.17. The van der Waals surface area contributed by atoms with Crippen LogP contribution in [0.1, 0.15) is 63.5 Å². The minimum atomic E-state index is -1.19. The van der Waals surface area contributed by atoms with E-state index in [4.69, 9.17) is 11.6 Å². The maximum Gasteiger partial charge on any atom is 0.336 e. The molecule has 0 bridgehead atoms. The van der Waals surface area contributed by atoms with Gasteiger partial charge in [0.2, 0.25) is 0 Å². The van der Waals surface area contributed by atoms with Gasteiger partial charge in [-0.3, -0.25) is 9.59 Å². The molecule has 0 saturated heterocycles. The van der Waals surface area contributed by atoms with Gasteiger partial charge in [0.05, 0.1) is 16.8 Å². The number of rotatable bonds is 10. The van der Waals surface area contributed by atoms with E-state index in [1.807, 2.05) is 0 Å². The lowest BCUT2D eigenvalue weighted by molar-refractivity contribution is -0.138. The molecule has 4 N–H and O–H groups in total. The van der Waals surface area contributed by atoms with Crippen molar-refractivity contribution in [3.05, 3.63) is 81.9 Å². The number of aromatic amines is 1. The minimum Gasteiger partial charge on any atom is -0.481 e. The highest BCUT2D eigenvalue weighted by Crippen LogP contribution is 2.27. The number of hydrogen-bond donors (Lipinski definition) is 4. The van der Waals surface area contributed by atoms with Gasteiger partial charge >= 0.3 is 11.9 Å². The number of nitrogens with one attached hydrogen (secondary N) is 2. The minimum absolute atomic E-state index is 0.0489. The quantitative estimate of drug-likeness (QED) is 0.338. The predicted molar refractivity (Wildman–Crippen MR) is 124 cm³/mol. The number of carbonyl (C=O) groups is 3. The molecule has 172 valence electrons. The Morgan fingerprint density at radius 2 is 1.73 bits per heavy atom. The van der Waals surface area contributed by atoms with Crippen LogP contribution in [-0.4, -0.2) is 38.0 Å². The van der Waals surface area contributed by atoms with Crippen molar-refractivity contribution in [2.24, 2.45) is 0 Å². The third-order valence-electron chi connectivity index (χ3n) is 5.20. The second-order valence-electron chi connectivity index (χ2n) is 7.59. The Bertz CT molecular complexity index is 1160. The number of imidazole rings is 1. The van der Waals surface area contributed by atoms with Crippen molar-refractivity contribution < 1.29 is 24.6 Å². The van der Waals surface area contributed by atoms with Crippen LogP contribution >= 0.6 is 11.6 Å². The van der Waals surface area contributed by atoms with Gasteiger partial charge in [0.15, 0.2) is 5.15 Å². The average molecular weight is 470 g/mol. The lowest BCUT2D eigenvalue weighted by atomic mass is 9.96. The summed E-state index contributed by atoms with van der Waals surface area (Å²) < 4.78 is 0. The molecule has 1 amide bonds. The fraction of sp³-hybridized carbons (Fsp3) is 0.250. The number of halogens is 1. The molecule has 1 atom stereocenters. The maximum absolute atomic E-state index is 12.5. The van der Waals surface area contributed by atoms with E-state index in [1.54, 1.807) is 36.4 Å². The van der Waals surface area contributed by atoms with E-state index in [0.717, 1.165) is 18.4 Å². The Morgan fingerprint density at radius 1 is 1.06 bits per heavy atom. The number of anilines is 1. The summed E-state index contributed by atoms with van der Waals surface area (Å²) in [5.74, 6) is -2.99. The third kappa shape index (κ3) is 5.98. The molecular weight excluding hydrogens is 446 g/mol. The zero-order valence-electron chi connectivity index (χ0n) is 18.0. The van der Waals surface area contributed by atoms with E-state index in [1.165, 1.54) is 12.1 Å². The van der Waals surface area contributed by atoms with Crippen molar-refractivity contribution >= 4 is 35.1 Å². The zero-order chi connectivity index (χ0) is 24.0. The van der Waals surface area contributed by atoms with E-state index in [9.17, 15) is 24.6 Å². The van der Waals surface area contributed by atoms with Crippen LogP contribution in [0.5, 0.6) is 0 Å². The van der Waals surface area contributed by atoms with Crippen LogP contribution in [-0.2, 0) is 17.6 Å². The first-order chi connectivity index (χ1) is 15.8. The Hall–Kier alpha value is -3.65. The van der Waals surface area contributed by atoms with Crippen LogP contribution in [0, 0.1) is 0 Å². The molecule has 0 spiro atoms. The molecule has 0 aliphatic heterocycles. The molecule has 1 unspecified atom stereocenters. The smallest absolute Gasteiger partial charge is 0.336 e. The highest BCUT2D eigenvalue weighted by Gasteiger charge is 2.26. The molecule has 3 aromatic rings. The SMILES string of the molecule is CCCCc1nc(Cl)c(C(Cc2ccc(NC(=O)c3ccccc3C(=O)O)cc2)C(=O)O)[nH]1. The number of benzene rings is 2. The van der Waals surface area contributed by atoms with Crippen molar-refractivity contribution in [3.8, 4) is 0 Å². The second kappa shape index (κ2) is 10.8.